The van der Waals surface area contributed by atoms with Crippen LogP contribution in [0, 0.1) is 62.6 Å². The molecule has 0 heterocycles. The Balaban J connectivity index is 1.46. The Hall–Kier alpha value is -1.59. The highest BCUT2D eigenvalue weighted by molar-refractivity contribution is 5.86. The predicted octanol–water partition coefficient (Wildman–Crippen LogP) is 7.64. The molecule has 5 fully saturated rings. The smallest absolute Gasteiger partial charge is 0.322 e. The predicted molar refractivity (Wildman–Crippen MR) is 164 cm³/mol. The molecule has 238 valence electrons. The van der Waals surface area contributed by atoms with Gasteiger partial charge in [0, 0.05) is 11.8 Å². The van der Waals surface area contributed by atoms with Gasteiger partial charge in [-0.3, -0.25) is 14.4 Å². The lowest BCUT2D eigenvalue weighted by molar-refractivity contribution is -0.250. The maximum Gasteiger partial charge on any atom is 0.322 e. The largest absolute Gasteiger partial charge is 0.480 e. The normalized spacial score (nSPS) is 45.6. The molecule has 0 aromatic carbocycles. The molecular formula is C36H59NO5. The first kappa shape index (κ1) is 31.8. The van der Waals surface area contributed by atoms with Crippen LogP contribution in [0.4, 0.5) is 0 Å². The number of fused-ring (bicyclic) bond motifs is 7. The molecule has 42 heavy (non-hydrogen) atoms. The fourth-order valence-electron chi connectivity index (χ4n) is 12.7. The van der Waals surface area contributed by atoms with E-state index in [1.54, 1.807) is 0 Å². The molecule has 0 spiro atoms. The molecule has 5 aliphatic rings. The summed E-state index contributed by atoms with van der Waals surface area (Å²) >= 11 is 0. The number of aliphatic carboxylic acids is 1. The van der Waals surface area contributed by atoms with Gasteiger partial charge in [-0.1, -0.05) is 55.4 Å². The zero-order chi connectivity index (χ0) is 30.9. The van der Waals surface area contributed by atoms with Crippen LogP contribution in [-0.4, -0.2) is 35.6 Å². The van der Waals surface area contributed by atoms with Crippen molar-refractivity contribution >= 4 is 17.8 Å². The minimum Gasteiger partial charge on any atom is -0.480 e. The summed E-state index contributed by atoms with van der Waals surface area (Å²) in [6, 6.07) is 0. The SMILES string of the molecule is CCCC(=O)O[C@@H]1CC[C@]2(C)[C@H]3CC[C@@H]4[C@H]5[C@H](C(C)C)CC[C@]5(C(=O)NCC(=O)O)CC[C@@]4(C)[C@]3(C)CC[C@H]2C1(C)C. The molecule has 0 aliphatic heterocycles. The number of hydrogen-bond acceptors (Lipinski definition) is 4. The van der Waals surface area contributed by atoms with E-state index in [9.17, 15) is 19.5 Å². The summed E-state index contributed by atoms with van der Waals surface area (Å²) in [5, 5.41) is 12.2. The Kier molecular flexibility index (Phi) is 8.17. The average molecular weight is 586 g/mol. The van der Waals surface area contributed by atoms with Gasteiger partial charge in [-0.25, -0.2) is 0 Å². The minimum absolute atomic E-state index is 0.000684. The summed E-state index contributed by atoms with van der Waals surface area (Å²) in [7, 11) is 0. The number of nitrogens with one attached hydrogen (secondary N) is 1. The fourth-order valence-corrected chi connectivity index (χ4v) is 12.7. The minimum atomic E-state index is -0.967. The zero-order valence-corrected chi connectivity index (χ0v) is 27.8. The monoisotopic (exact) mass is 585 g/mol. The maximum atomic E-state index is 13.9. The number of carbonyl (C=O) groups is 3. The van der Waals surface area contributed by atoms with Gasteiger partial charge in [0.25, 0.3) is 0 Å². The van der Waals surface area contributed by atoms with Gasteiger partial charge >= 0.3 is 11.9 Å². The highest BCUT2D eigenvalue weighted by Gasteiger charge is 2.72. The molecule has 6 heteroatoms. The molecule has 2 N–H and O–H groups in total. The molecule has 0 bridgehead atoms. The van der Waals surface area contributed by atoms with E-state index in [1.807, 2.05) is 6.92 Å². The third-order valence-corrected chi connectivity index (χ3v) is 14.9. The van der Waals surface area contributed by atoms with Crippen LogP contribution >= 0.6 is 0 Å². The second kappa shape index (κ2) is 10.8. The Bertz CT molecular complexity index is 1080. The number of carboxylic acid groups (broad SMARTS) is 1. The van der Waals surface area contributed by atoms with Gasteiger partial charge in [0.2, 0.25) is 5.91 Å². The third kappa shape index (κ3) is 4.49. The second-order valence-electron chi connectivity index (χ2n) is 17.0. The van der Waals surface area contributed by atoms with Gasteiger partial charge < -0.3 is 15.2 Å². The van der Waals surface area contributed by atoms with Gasteiger partial charge in [-0.2, -0.15) is 0 Å². The highest BCUT2D eigenvalue weighted by Crippen LogP contribution is 2.77. The van der Waals surface area contributed by atoms with Crippen LogP contribution in [0.5, 0.6) is 0 Å². The number of carbonyl (C=O) groups excluding carboxylic acids is 2. The zero-order valence-electron chi connectivity index (χ0n) is 27.8. The van der Waals surface area contributed by atoms with Crippen molar-refractivity contribution in [1.29, 1.82) is 0 Å². The Labute approximate surface area is 254 Å². The lowest BCUT2D eigenvalue weighted by atomic mass is 9.32. The van der Waals surface area contributed by atoms with Crippen LogP contribution in [0.1, 0.15) is 132 Å². The number of amides is 1. The van der Waals surface area contributed by atoms with E-state index in [-0.39, 0.29) is 46.2 Å². The van der Waals surface area contributed by atoms with Crippen LogP contribution in [0.3, 0.4) is 0 Å². The average Bonchev–Trinajstić information content (AvgIpc) is 3.31. The Morgan fingerprint density at radius 3 is 2.21 bits per heavy atom. The van der Waals surface area contributed by atoms with Crippen molar-refractivity contribution in [3.63, 3.8) is 0 Å². The van der Waals surface area contributed by atoms with Crippen molar-refractivity contribution in [3.8, 4) is 0 Å². The van der Waals surface area contributed by atoms with E-state index >= 15 is 0 Å². The molecule has 5 saturated carbocycles. The van der Waals surface area contributed by atoms with E-state index in [0.29, 0.717) is 41.9 Å². The molecule has 10 atom stereocenters. The van der Waals surface area contributed by atoms with Crippen molar-refractivity contribution in [2.75, 3.05) is 6.54 Å². The lowest BCUT2D eigenvalue weighted by Crippen LogP contribution is -2.67. The van der Waals surface area contributed by atoms with E-state index in [2.05, 4.69) is 53.8 Å². The molecule has 0 aromatic rings. The molecule has 0 unspecified atom stereocenters. The van der Waals surface area contributed by atoms with Gasteiger partial charge in [-0.05, 0) is 122 Å². The number of carboxylic acids is 1. The highest BCUT2D eigenvalue weighted by atomic mass is 16.5. The van der Waals surface area contributed by atoms with Crippen LogP contribution in [0.25, 0.3) is 0 Å². The van der Waals surface area contributed by atoms with Crippen LogP contribution < -0.4 is 5.32 Å². The maximum absolute atomic E-state index is 13.9. The standard InChI is InChI=1S/C36H59NO5/c1-9-10-29(40)42-27-15-16-33(6)25(32(27,4)5)14-17-35(8)26(33)12-11-24-30-23(22(2)3)13-18-36(30,20-19-34(24,35)7)31(41)37-21-28(38)39/h22-27,30H,9-21H2,1-8H3,(H,37,41)(H,38,39)/t23-,24+,25-,26+,27+,30+,33-,34+,35+,36-/m0/s1. The summed E-state index contributed by atoms with van der Waals surface area (Å²) < 4.78 is 6.14. The fraction of sp³-hybridized carbons (Fsp3) is 0.917. The first-order chi connectivity index (χ1) is 19.6. The van der Waals surface area contributed by atoms with Crippen molar-refractivity contribution in [3.05, 3.63) is 0 Å². The van der Waals surface area contributed by atoms with E-state index in [0.717, 1.165) is 51.4 Å². The van der Waals surface area contributed by atoms with Crippen molar-refractivity contribution in [1.82, 2.24) is 5.32 Å². The van der Waals surface area contributed by atoms with Crippen molar-refractivity contribution in [2.24, 2.45) is 62.6 Å². The number of ether oxygens (including phenoxy) is 1. The van der Waals surface area contributed by atoms with Gasteiger partial charge in [0.05, 0.1) is 5.41 Å². The number of rotatable bonds is 7. The second-order valence-corrected chi connectivity index (χ2v) is 17.0. The lowest BCUT2D eigenvalue weighted by Gasteiger charge is -2.73. The van der Waals surface area contributed by atoms with Crippen LogP contribution in [0.15, 0.2) is 0 Å². The summed E-state index contributed by atoms with van der Waals surface area (Å²) in [5.74, 6) is 1.95. The van der Waals surface area contributed by atoms with E-state index < -0.39 is 11.4 Å². The van der Waals surface area contributed by atoms with Crippen LogP contribution in [-0.2, 0) is 19.1 Å². The van der Waals surface area contributed by atoms with E-state index in [1.165, 1.54) is 19.3 Å². The first-order valence-electron chi connectivity index (χ1n) is 17.3. The van der Waals surface area contributed by atoms with Crippen molar-refractivity contribution in [2.45, 2.75) is 139 Å². The van der Waals surface area contributed by atoms with Gasteiger partial charge in [-0.15, -0.1) is 0 Å². The molecule has 5 aliphatic carbocycles. The summed E-state index contributed by atoms with van der Waals surface area (Å²) in [6.07, 6.45) is 12.0. The van der Waals surface area contributed by atoms with Gasteiger partial charge in [0.1, 0.15) is 12.6 Å². The first-order valence-corrected chi connectivity index (χ1v) is 17.3. The molecule has 1 amide bonds. The third-order valence-electron chi connectivity index (χ3n) is 14.9. The van der Waals surface area contributed by atoms with E-state index in [4.69, 9.17) is 4.74 Å². The van der Waals surface area contributed by atoms with Gasteiger partial charge in [0.15, 0.2) is 0 Å². The molecular weight excluding hydrogens is 526 g/mol. The topological polar surface area (TPSA) is 92.7 Å². The molecule has 0 aromatic heterocycles. The Morgan fingerprint density at radius 2 is 1.57 bits per heavy atom. The van der Waals surface area contributed by atoms with Crippen molar-refractivity contribution < 1.29 is 24.2 Å². The van der Waals surface area contributed by atoms with Crippen LogP contribution in [0.2, 0.25) is 0 Å². The summed E-state index contributed by atoms with van der Waals surface area (Å²) in [4.78, 5) is 37.8. The summed E-state index contributed by atoms with van der Waals surface area (Å²) in [6.45, 7) is 18.9. The number of esters is 1. The summed E-state index contributed by atoms with van der Waals surface area (Å²) in [5.41, 5.74) is 0.0710. The molecule has 5 rings (SSSR count). The molecule has 0 radical (unpaired) electrons. The number of hydrogen-bond donors (Lipinski definition) is 2. The quantitative estimate of drug-likeness (QED) is 0.300. The Morgan fingerprint density at radius 1 is 0.857 bits per heavy atom. The molecule has 0 saturated heterocycles. The molecule has 6 nitrogen and oxygen atoms in total.